The monoisotopic (exact) mass is 505 g/mol. The number of hydrogen-bond acceptors (Lipinski definition) is 8. The maximum atomic E-state index is 12.5. The van der Waals surface area contributed by atoms with Crippen LogP contribution in [0.25, 0.3) is 10.2 Å². The van der Waals surface area contributed by atoms with Crippen LogP contribution in [0.15, 0.2) is 76.2 Å². The third-order valence-electron chi connectivity index (χ3n) is 4.76. The highest BCUT2D eigenvalue weighted by Crippen LogP contribution is 2.30. The molecule has 9 heteroatoms. The van der Waals surface area contributed by atoms with Gasteiger partial charge in [-0.1, -0.05) is 41.6 Å². The smallest absolute Gasteiger partial charge is 0.343 e. The molecule has 4 aromatic rings. The zero-order chi connectivity index (χ0) is 24.6. The van der Waals surface area contributed by atoms with Gasteiger partial charge in [-0.2, -0.15) is 5.10 Å². The van der Waals surface area contributed by atoms with Gasteiger partial charge in [-0.05, 0) is 61.9 Å². The Morgan fingerprint density at radius 3 is 2.66 bits per heavy atom. The van der Waals surface area contributed by atoms with Gasteiger partial charge in [0.2, 0.25) is 0 Å². The van der Waals surface area contributed by atoms with Crippen LogP contribution in [-0.2, 0) is 4.79 Å². The number of thiazole rings is 1. The number of ether oxygens (including phenoxy) is 2. The number of nitrogens with zero attached hydrogens (tertiary/aromatic N) is 2. The summed E-state index contributed by atoms with van der Waals surface area (Å²) in [5, 5.41) is 4.03. The molecule has 0 aliphatic rings. The average Bonchev–Trinajstić information content (AvgIpc) is 3.28. The molecule has 0 radical (unpaired) electrons. The van der Waals surface area contributed by atoms with E-state index in [1.54, 1.807) is 41.7 Å². The normalized spacial score (nSPS) is 11.0. The minimum Gasteiger partial charge on any atom is -0.490 e. The molecule has 0 saturated carbocycles. The maximum Gasteiger partial charge on any atom is 0.343 e. The van der Waals surface area contributed by atoms with Crippen LogP contribution >= 0.6 is 23.1 Å². The number of fused-ring (bicyclic) bond motifs is 1. The molecular formula is C26H23N3O4S2. The first-order chi connectivity index (χ1) is 17.0. The predicted octanol–water partition coefficient (Wildman–Crippen LogP) is 5.47. The number of para-hydroxylation sites is 1. The van der Waals surface area contributed by atoms with Gasteiger partial charge < -0.3 is 9.47 Å². The summed E-state index contributed by atoms with van der Waals surface area (Å²) in [5.74, 6) is 0.222. The molecule has 4 rings (SSSR count). The lowest BCUT2D eigenvalue weighted by Crippen LogP contribution is -2.19. The highest BCUT2D eigenvalue weighted by atomic mass is 32.2. The van der Waals surface area contributed by atoms with Gasteiger partial charge in [0.25, 0.3) is 5.91 Å². The van der Waals surface area contributed by atoms with E-state index in [0.717, 1.165) is 20.1 Å². The van der Waals surface area contributed by atoms with E-state index in [1.807, 2.05) is 50.2 Å². The second-order valence-corrected chi connectivity index (χ2v) is 9.68. The molecule has 3 aromatic carbocycles. The van der Waals surface area contributed by atoms with E-state index in [4.69, 9.17) is 9.47 Å². The molecule has 0 bridgehead atoms. The highest BCUT2D eigenvalue weighted by molar-refractivity contribution is 8.01. The van der Waals surface area contributed by atoms with Gasteiger partial charge in [0.05, 0.1) is 34.4 Å². The number of thioether (sulfide) groups is 1. The van der Waals surface area contributed by atoms with Crippen LogP contribution in [0.3, 0.4) is 0 Å². The maximum absolute atomic E-state index is 12.5. The minimum absolute atomic E-state index is 0.204. The zero-order valence-corrected chi connectivity index (χ0v) is 20.8. The van der Waals surface area contributed by atoms with Crippen molar-refractivity contribution in [3.8, 4) is 11.5 Å². The fraction of sp³-hybridized carbons (Fsp3) is 0.154. The number of nitrogens with one attached hydrogen (secondary N) is 1. The van der Waals surface area contributed by atoms with Crippen molar-refractivity contribution in [2.24, 2.45) is 5.10 Å². The fourth-order valence-electron chi connectivity index (χ4n) is 3.06. The van der Waals surface area contributed by atoms with Crippen molar-refractivity contribution in [1.82, 2.24) is 10.4 Å². The topological polar surface area (TPSA) is 89.9 Å². The quantitative estimate of drug-likeness (QED) is 0.107. The van der Waals surface area contributed by atoms with Crippen molar-refractivity contribution >= 4 is 51.4 Å². The Morgan fingerprint density at radius 2 is 1.89 bits per heavy atom. The van der Waals surface area contributed by atoms with E-state index in [2.05, 4.69) is 15.5 Å². The molecular weight excluding hydrogens is 482 g/mol. The third-order valence-corrected chi connectivity index (χ3v) is 6.94. The third kappa shape index (κ3) is 6.68. The van der Waals surface area contributed by atoms with E-state index in [9.17, 15) is 9.59 Å². The van der Waals surface area contributed by atoms with Crippen molar-refractivity contribution in [3.63, 3.8) is 0 Å². The lowest BCUT2D eigenvalue weighted by atomic mass is 10.1. The molecule has 1 heterocycles. The van der Waals surface area contributed by atoms with Crippen LogP contribution < -0.4 is 14.9 Å². The Labute approximate surface area is 211 Å². The standard InChI is InChI=1S/C26H23N3O4S2/c1-3-32-22-14-18(10-13-21(22)33-25(31)19-11-8-17(2)9-12-19)15-27-29-24(30)16-34-26-28-20-6-4-5-7-23(20)35-26/h4-15H,3,16H2,1-2H3,(H,29,30)/b27-15-. The van der Waals surface area contributed by atoms with Crippen LogP contribution in [0.5, 0.6) is 11.5 Å². The number of hydrogen-bond donors (Lipinski definition) is 1. The Hall–Kier alpha value is -3.69. The number of aromatic nitrogens is 1. The van der Waals surface area contributed by atoms with Crippen molar-refractivity contribution < 1.29 is 19.1 Å². The highest BCUT2D eigenvalue weighted by Gasteiger charge is 2.13. The SMILES string of the molecule is CCOc1cc(/C=N\NC(=O)CSc2nc3ccccc3s2)ccc1OC(=O)c1ccc(C)cc1. The van der Waals surface area contributed by atoms with Gasteiger partial charge in [-0.3, -0.25) is 4.79 Å². The molecule has 0 aliphatic carbocycles. The summed E-state index contributed by atoms with van der Waals surface area (Å²) in [7, 11) is 0. The Balaban J connectivity index is 1.34. The first kappa shape index (κ1) is 24.4. The number of amides is 1. The number of aryl methyl sites for hydroxylation is 1. The van der Waals surface area contributed by atoms with Crippen molar-refractivity contribution in [2.75, 3.05) is 12.4 Å². The average molecular weight is 506 g/mol. The van der Waals surface area contributed by atoms with Gasteiger partial charge in [0, 0.05) is 0 Å². The summed E-state index contributed by atoms with van der Waals surface area (Å²) in [6, 6.07) is 20.1. The molecule has 0 saturated heterocycles. The van der Waals surface area contributed by atoms with Crippen LogP contribution in [0.1, 0.15) is 28.4 Å². The summed E-state index contributed by atoms with van der Waals surface area (Å²) in [6.45, 7) is 4.19. The number of carbonyl (C=O) groups is 2. The largest absolute Gasteiger partial charge is 0.490 e. The number of esters is 1. The second kappa shape index (κ2) is 11.6. The lowest BCUT2D eigenvalue weighted by molar-refractivity contribution is -0.118. The summed E-state index contributed by atoms with van der Waals surface area (Å²) >= 11 is 2.92. The Bertz CT molecular complexity index is 1330. The molecule has 0 unspecified atom stereocenters. The van der Waals surface area contributed by atoms with Gasteiger partial charge in [0.15, 0.2) is 15.8 Å². The molecule has 1 N–H and O–H groups in total. The zero-order valence-electron chi connectivity index (χ0n) is 19.2. The fourth-order valence-corrected chi connectivity index (χ4v) is 4.92. The Kier molecular flexibility index (Phi) is 8.12. The van der Waals surface area contributed by atoms with E-state index < -0.39 is 5.97 Å². The lowest BCUT2D eigenvalue weighted by Gasteiger charge is -2.11. The van der Waals surface area contributed by atoms with Gasteiger partial charge >= 0.3 is 5.97 Å². The predicted molar refractivity (Wildman–Crippen MR) is 140 cm³/mol. The van der Waals surface area contributed by atoms with Gasteiger partial charge in [-0.25, -0.2) is 15.2 Å². The molecule has 0 spiro atoms. The molecule has 1 aromatic heterocycles. The van der Waals surface area contributed by atoms with Crippen LogP contribution in [-0.4, -0.2) is 35.4 Å². The van der Waals surface area contributed by atoms with E-state index >= 15 is 0 Å². The summed E-state index contributed by atoms with van der Waals surface area (Å²) < 4.78 is 13.1. The van der Waals surface area contributed by atoms with Crippen molar-refractivity contribution in [2.45, 2.75) is 18.2 Å². The molecule has 178 valence electrons. The van der Waals surface area contributed by atoms with Crippen molar-refractivity contribution in [1.29, 1.82) is 0 Å². The molecule has 7 nitrogen and oxygen atoms in total. The van der Waals surface area contributed by atoms with Crippen LogP contribution in [0, 0.1) is 6.92 Å². The number of benzene rings is 3. The number of carbonyl (C=O) groups excluding carboxylic acids is 2. The first-order valence-corrected chi connectivity index (χ1v) is 12.7. The van der Waals surface area contributed by atoms with E-state index in [1.165, 1.54) is 18.0 Å². The first-order valence-electron chi connectivity index (χ1n) is 10.9. The summed E-state index contributed by atoms with van der Waals surface area (Å²) in [4.78, 5) is 29.1. The number of hydrazone groups is 1. The molecule has 35 heavy (non-hydrogen) atoms. The molecule has 0 fully saturated rings. The Morgan fingerprint density at radius 1 is 1.09 bits per heavy atom. The molecule has 1 amide bonds. The van der Waals surface area contributed by atoms with Crippen LogP contribution in [0.4, 0.5) is 0 Å². The minimum atomic E-state index is -0.467. The van der Waals surface area contributed by atoms with E-state index in [-0.39, 0.29) is 11.7 Å². The molecule has 0 atom stereocenters. The van der Waals surface area contributed by atoms with E-state index in [0.29, 0.717) is 29.2 Å². The summed E-state index contributed by atoms with van der Waals surface area (Å²) in [6.07, 6.45) is 1.51. The van der Waals surface area contributed by atoms with Gasteiger partial charge in [0.1, 0.15) is 0 Å². The second-order valence-electron chi connectivity index (χ2n) is 7.42. The van der Waals surface area contributed by atoms with Crippen LogP contribution in [0.2, 0.25) is 0 Å². The summed E-state index contributed by atoms with van der Waals surface area (Å²) in [5.41, 5.74) is 5.64. The molecule has 0 aliphatic heterocycles. The van der Waals surface area contributed by atoms with Gasteiger partial charge in [-0.15, -0.1) is 11.3 Å². The van der Waals surface area contributed by atoms with Crippen molar-refractivity contribution in [3.05, 3.63) is 83.4 Å². The number of rotatable bonds is 9.